The zero-order chi connectivity index (χ0) is 13.2. The monoisotopic (exact) mass is 332 g/mol. The van der Waals surface area contributed by atoms with Crippen LogP contribution >= 0.6 is 15.9 Å². The highest BCUT2D eigenvalue weighted by Gasteiger charge is 2.28. The largest absolute Gasteiger partial charge is 0.315 e. The molecule has 1 aliphatic rings. The summed E-state index contributed by atoms with van der Waals surface area (Å²) in [5, 5.41) is 3.27. The summed E-state index contributed by atoms with van der Waals surface area (Å²) in [6, 6.07) is 7.34. The summed E-state index contributed by atoms with van der Waals surface area (Å²) in [4.78, 5) is 0. The number of rotatable bonds is 1. The highest BCUT2D eigenvalue weighted by molar-refractivity contribution is 9.10. The van der Waals surface area contributed by atoms with E-state index in [0.29, 0.717) is 13.0 Å². The third-order valence-corrected chi connectivity index (χ3v) is 5.43. The maximum atomic E-state index is 12.4. The predicted octanol–water partition coefficient (Wildman–Crippen LogP) is 1.97. The molecule has 0 bridgehead atoms. The van der Waals surface area contributed by atoms with Crippen molar-refractivity contribution in [2.45, 2.75) is 19.4 Å². The summed E-state index contributed by atoms with van der Waals surface area (Å²) >= 11 is 3.38. The fourth-order valence-corrected chi connectivity index (χ4v) is 4.32. The van der Waals surface area contributed by atoms with Gasteiger partial charge in [0.15, 0.2) is 0 Å². The van der Waals surface area contributed by atoms with Crippen molar-refractivity contribution in [1.82, 2.24) is 5.32 Å². The van der Waals surface area contributed by atoms with Crippen LogP contribution in [0.1, 0.15) is 13.3 Å². The normalized spacial score (nSPS) is 24.3. The van der Waals surface area contributed by atoms with E-state index in [1.165, 1.54) is 4.31 Å². The Morgan fingerprint density at radius 2 is 2.22 bits per heavy atom. The maximum Gasteiger partial charge on any atom is 0.235 e. The molecule has 1 aromatic carbocycles. The van der Waals surface area contributed by atoms with E-state index in [4.69, 9.17) is 0 Å². The third kappa shape index (κ3) is 3.05. The van der Waals surface area contributed by atoms with Gasteiger partial charge < -0.3 is 5.32 Å². The molecule has 2 rings (SSSR count). The minimum absolute atomic E-state index is 0.0791. The van der Waals surface area contributed by atoms with Gasteiger partial charge in [0.2, 0.25) is 10.0 Å². The number of anilines is 1. The molecule has 6 heteroatoms. The van der Waals surface area contributed by atoms with Gasteiger partial charge in [-0.3, -0.25) is 4.31 Å². The van der Waals surface area contributed by atoms with E-state index >= 15 is 0 Å². The van der Waals surface area contributed by atoms with Crippen molar-refractivity contribution in [3.63, 3.8) is 0 Å². The molecule has 0 aromatic heterocycles. The minimum Gasteiger partial charge on any atom is -0.315 e. The van der Waals surface area contributed by atoms with Crippen molar-refractivity contribution in [2.24, 2.45) is 0 Å². The lowest BCUT2D eigenvalue weighted by atomic mass is 10.2. The van der Waals surface area contributed by atoms with Crippen LogP contribution in [0, 0.1) is 0 Å². The molecule has 1 N–H and O–H groups in total. The summed E-state index contributed by atoms with van der Waals surface area (Å²) < 4.78 is 27.1. The molecule has 1 aromatic rings. The highest BCUT2D eigenvalue weighted by Crippen LogP contribution is 2.25. The second-order valence-corrected chi connectivity index (χ2v) is 7.38. The Balaban J connectivity index is 2.41. The van der Waals surface area contributed by atoms with Crippen molar-refractivity contribution in [3.05, 3.63) is 28.7 Å². The fraction of sp³-hybridized carbons (Fsp3) is 0.500. The highest BCUT2D eigenvalue weighted by atomic mass is 79.9. The summed E-state index contributed by atoms with van der Waals surface area (Å²) in [6.07, 6.45) is 0.652. The van der Waals surface area contributed by atoms with Gasteiger partial charge in [-0.15, -0.1) is 0 Å². The summed E-state index contributed by atoms with van der Waals surface area (Å²) in [7, 11) is -3.23. The molecule has 100 valence electrons. The first-order valence-electron chi connectivity index (χ1n) is 5.99. The van der Waals surface area contributed by atoms with Crippen molar-refractivity contribution in [3.8, 4) is 0 Å². The average Bonchev–Trinajstić information content (AvgIpc) is 2.26. The van der Waals surface area contributed by atoms with Gasteiger partial charge in [-0.25, -0.2) is 8.42 Å². The van der Waals surface area contributed by atoms with E-state index in [0.717, 1.165) is 16.7 Å². The first kappa shape index (κ1) is 13.8. The lowest BCUT2D eigenvalue weighted by Crippen LogP contribution is -2.47. The zero-order valence-corrected chi connectivity index (χ0v) is 12.7. The van der Waals surface area contributed by atoms with Crippen LogP contribution in [-0.4, -0.2) is 33.3 Å². The first-order chi connectivity index (χ1) is 8.50. The van der Waals surface area contributed by atoms with E-state index in [-0.39, 0.29) is 11.8 Å². The van der Waals surface area contributed by atoms with Gasteiger partial charge in [0, 0.05) is 11.0 Å². The Labute approximate surface area is 117 Å². The molecule has 1 aliphatic heterocycles. The SMILES string of the molecule is CC1CNCCCS(=O)(=O)N1c1cccc(Br)c1. The number of sulfonamides is 1. The van der Waals surface area contributed by atoms with Gasteiger partial charge >= 0.3 is 0 Å². The van der Waals surface area contributed by atoms with Gasteiger partial charge in [0.1, 0.15) is 0 Å². The number of nitrogens with zero attached hydrogens (tertiary/aromatic N) is 1. The van der Waals surface area contributed by atoms with Crippen molar-refractivity contribution >= 4 is 31.6 Å². The number of nitrogens with one attached hydrogen (secondary N) is 1. The molecular weight excluding hydrogens is 316 g/mol. The lowest BCUT2D eigenvalue weighted by Gasteiger charge is -2.32. The number of benzene rings is 1. The molecular formula is C12H17BrN2O2S. The first-order valence-corrected chi connectivity index (χ1v) is 8.39. The van der Waals surface area contributed by atoms with Gasteiger partial charge in [-0.1, -0.05) is 22.0 Å². The van der Waals surface area contributed by atoms with Crippen molar-refractivity contribution in [1.29, 1.82) is 0 Å². The van der Waals surface area contributed by atoms with E-state index in [1.54, 1.807) is 0 Å². The molecule has 0 spiro atoms. The smallest absolute Gasteiger partial charge is 0.235 e. The van der Waals surface area contributed by atoms with E-state index < -0.39 is 10.0 Å². The molecule has 18 heavy (non-hydrogen) atoms. The standard InChI is InChI=1S/C12H17BrN2O2S/c1-10-9-14-6-3-7-18(16,17)15(10)12-5-2-4-11(13)8-12/h2,4-5,8,10,14H,3,6-7,9H2,1H3. The van der Waals surface area contributed by atoms with Crippen LogP contribution in [0.4, 0.5) is 5.69 Å². The Morgan fingerprint density at radius 3 is 2.94 bits per heavy atom. The van der Waals surface area contributed by atoms with Crippen LogP contribution in [0.5, 0.6) is 0 Å². The molecule has 1 atom stereocenters. The van der Waals surface area contributed by atoms with Gasteiger partial charge in [0.05, 0.1) is 17.5 Å². The number of hydrogen-bond acceptors (Lipinski definition) is 3. The molecule has 1 unspecified atom stereocenters. The molecule has 0 amide bonds. The Hall–Kier alpha value is -0.590. The lowest BCUT2D eigenvalue weighted by molar-refractivity contribution is 0.542. The number of hydrogen-bond donors (Lipinski definition) is 1. The van der Waals surface area contributed by atoms with Gasteiger partial charge in [-0.2, -0.15) is 0 Å². The average molecular weight is 333 g/mol. The molecule has 1 fully saturated rings. The van der Waals surface area contributed by atoms with Crippen molar-refractivity contribution in [2.75, 3.05) is 23.1 Å². The Kier molecular flexibility index (Phi) is 4.29. The predicted molar refractivity (Wildman–Crippen MR) is 77.4 cm³/mol. The Bertz CT molecular complexity index is 519. The van der Waals surface area contributed by atoms with Crippen LogP contribution < -0.4 is 9.62 Å². The second kappa shape index (κ2) is 5.59. The zero-order valence-electron chi connectivity index (χ0n) is 10.3. The molecule has 0 aliphatic carbocycles. The van der Waals surface area contributed by atoms with E-state index in [9.17, 15) is 8.42 Å². The van der Waals surface area contributed by atoms with E-state index in [1.807, 2.05) is 31.2 Å². The minimum atomic E-state index is -3.23. The second-order valence-electron chi connectivity index (χ2n) is 4.50. The van der Waals surface area contributed by atoms with Gasteiger partial charge in [-0.05, 0) is 38.1 Å². The van der Waals surface area contributed by atoms with E-state index in [2.05, 4.69) is 21.2 Å². The fourth-order valence-electron chi connectivity index (χ4n) is 2.17. The summed E-state index contributed by atoms with van der Waals surface area (Å²) in [5.74, 6) is 0.191. The molecule has 4 nitrogen and oxygen atoms in total. The van der Waals surface area contributed by atoms with Gasteiger partial charge in [0.25, 0.3) is 0 Å². The molecule has 0 radical (unpaired) electrons. The van der Waals surface area contributed by atoms with Crippen molar-refractivity contribution < 1.29 is 8.42 Å². The van der Waals surface area contributed by atoms with Crippen LogP contribution in [0.2, 0.25) is 0 Å². The third-order valence-electron chi connectivity index (χ3n) is 2.96. The topological polar surface area (TPSA) is 49.4 Å². The van der Waals surface area contributed by atoms with Crippen LogP contribution in [0.15, 0.2) is 28.7 Å². The Morgan fingerprint density at radius 1 is 1.44 bits per heavy atom. The quantitative estimate of drug-likeness (QED) is 0.855. The molecule has 1 saturated heterocycles. The summed E-state index contributed by atoms with van der Waals surface area (Å²) in [5.41, 5.74) is 0.723. The maximum absolute atomic E-state index is 12.4. The van der Waals surface area contributed by atoms with Crippen LogP contribution in [0.25, 0.3) is 0 Å². The number of halogens is 1. The molecule has 0 saturated carbocycles. The molecule has 1 heterocycles. The van der Waals surface area contributed by atoms with Crippen LogP contribution in [-0.2, 0) is 10.0 Å². The summed E-state index contributed by atoms with van der Waals surface area (Å²) in [6.45, 7) is 3.36. The van der Waals surface area contributed by atoms with Crippen LogP contribution in [0.3, 0.4) is 0 Å².